The highest BCUT2D eigenvalue weighted by Gasteiger charge is 2.21. The highest BCUT2D eigenvalue weighted by atomic mass is 35.5. The number of rotatable bonds is 5. The molecule has 0 aliphatic heterocycles. The lowest BCUT2D eigenvalue weighted by Gasteiger charge is -2.22. The van der Waals surface area contributed by atoms with Crippen LogP contribution in [0.1, 0.15) is 27.6 Å². The van der Waals surface area contributed by atoms with Crippen LogP contribution in [0.4, 0.5) is 5.69 Å². The summed E-state index contributed by atoms with van der Waals surface area (Å²) in [6.45, 7) is 0. The van der Waals surface area contributed by atoms with Crippen LogP contribution in [0.2, 0.25) is 10.0 Å². The molecular weight excluding hydrogens is 385 g/mol. The average Bonchev–Trinajstić information content (AvgIpc) is 2.69. The molecule has 0 amide bonds. The standard InChI is InChI=1S/C21H17Cl2NO3/c1-26-21(25)16-12-15(24)8-10-19(16)27-20(13-5-3-2-4-6-13)14-7-9-17(22)18(23)11-14/h2-12,20H,24H2,1H3. The van der Waals surface area contributed by atoms with Crippen LogP contribution in [0.15, 0.2) is 66.7 Å². The van der Waals surface area contributed by atoms with Gasteiger partial charge < -0.3 is 15.2 Å². The van der Waals surface area contributed by atoms with E-state index in [2.05, 4.69) is 0 Å². The van der Waals surface area contributed by atoms with Gasteiger partial charge >= 0.3 is 5.97 Å². The largest absolute Gasteiger partial charge is 0.480 e. The van der Waals surface area contributed by atoms with Gasteiger partial charge in [0.05, 0.1) is 17.2 Å². The van der Waals surface area contributed by atoms with E-state index in [4.69, 9.17) is 38.4 Å². The number of halogens is 2. The normalized spacial score (nSPS) is 11.7. The molecule has 6 heteroatoms. The molecule has 0 radical (unpaired) electrons. The van der Waals surface area contributed by atoms with E-state index in [9.17, 15) is 4.79 Å². The van der Waals surface area contributed by atoms with Gasteiger partial charge in [-0.1, -0.05) is 59.6 Å². The zero-order valence-electron chi connectivity index (χ0n) is 14.5. The number of ether oxygens (including phenoxy) is 2. The number of hydrogen-bond donors (Lipinski definition) is 1. The lowest BCUT2D eigenvalue weighted by atomic mass is 10.0. The number of methoxy groups -OCH3 is 1. The lowest BCUT2D eigenvalue weighted by Crippen LogP contribution is -2.13. The molecule has 3 aromatic carbocycles. The number of anilines is 1. The fourth-order valence-corrected chi connectivity index (χ4v) is 2.99. The topological polar surface area (TPSA) is 61.5 Å². The molecule has 0 aliphatic rings. The molecule has 4 nitrogen and oxygen atoms in total. The first kappa shape index (κ1) is 19.1. The number of carbonyl (C=O) groups excluding carboxylic acids is 1. The quantitative estimate of drug-likeness (QED) is 0.450. The van der Waals surface area contributed by atoms with Crippen molar-refractivity contribution < 1.29 is 14.3 Å². The predicted molar refractivity (Wildman–Crippen MR) is 108 cm³/mol. The average molecular weight is 402 g/mol. The smallest absolute Gasteiger partial charge is 0.341 e. The molecule has 0 bridgehead atoms. The van der Waals surface area contributed by atoms with Crippen molar-refractivity contribution in [2.75, 3.05) is 12.8 Å². The molecule has 0 saturated heterocycles. The van der Waals surface area contributed by atoms with Crippen LogP contribution in [0, 0.1) is 0 Å². The van der Waals surface area contributed by atoms with Gasteiger partial charge in [0.15, 0.2) is 0 Å². The van der Waals surface area contributed by atoms with Gasteiger partial charge in [0.1, 0.15) is 17.4 Å². The van der Waals surface area contributed by atoms with Gasteiger partial charge in [-0.25, -0.2) is 4.79 Å². The maximum Gasteiger partial charge on any atom is 0.341 e. The molecule has 0 aliphatic carbocycles. The predicted octanol–water partition coefficient (Wildman–Crippen LogP) is 5.53. The van der Waals surface area contributed by atoms with Crippen molar-refractivity contribution in [3.8, 4) is 5.75 Å². The first-order valence-corrected chi connectivity index (χ1v) is 8.89. The van der Waals surface area contributed by atoms with Crippen LogP contribution in [0.3, 0.4) is 0 Å². The molecule has 0 spiro atoms. The van der Waals surface area contributed by atoms with E-state index < -0.39 is 12.1 Å². The van der Waals surface area contributed by atoms with Gasteiger partial charge in [-0.15, -0.1) is 0 Å². The Labute approximate surface area is 167 Å². The van der Waals surface area contributed by atoms with Gasteiger partial charge in [-0.3, -0.25) is 0 Å². The SMILES string of the molecule is COC(=O)c1cc(N)ccc1OC(c1ccccc1)c1ccc(Cl)c(Cl)c1. The monoisotopic (exact) mass is 401 g/mol. The maximum absolute atomic E-state index is 12.1. The first-order valence-electron chi connectivity index (χ1n) is 8.14. The van der Waals surface area contributed by atoms with Gasteiger partial charge in [0.2, 0.25) is 0 Å². The molecule has 3 rings (SSSR count). The second kappa shape index (κ2) is 8.33. The summed E-state index contributed by atoms with van der Waals surface area (Å²) < 4.78 is 11.1. The number of carbonyl (C=O) groups is 1. The van der Waals surface area contributed by atoms with Crippen molar-refractivity contribution in [2.24, 2.45) is 0 Å². The Kier molecular flexibility index (Phi) is 5.89. The lowest BCUT2D eigenvalue weighted by molar-refractivity contribution is 0.0594. The van der Waals surface area contributed by atoms with Crippen LogP contribution < -0.4 is 10.5 Å². The summed E-state index contributed by atoms with van der Waals surface area (Å²) in [5.41, 5.74) is 8.19. The van der Waals surface area contributed by atoms with E-state index in [0.717, 1.165) is 11.1 Å². The molecule has 27 heavy (non-hydrogen) atoms. The van der Waals surface area contributed by atoms with Crippen LogP contribution in [-0.2, 0) is 4.74 Å². The van der Waals surface area contributed by atoms with Crippen LogP contribution in [0.25, 0.3) is 0 Å². The number of benzene rings is 3. The second-order valence-electron chi connectivity index (χ2n) is 5.83. The minimum atomic E-state index is -0.529. The molecule has 0 saturated carbocycles. The van der Waals surface area contributed by atoms with E-state index in [0.29, 0.717) is 21.5 Å². The Balaban J connectivity index is 2.08. The van der Waals surface area contributed by atoms with Gasteiger partial charge in [-0.05, 0) is 41.5 Å². The third-order valence-electron chi connectivity index (χ3n) is 4.00. The van der Waals surface area contributed by atoms with E-state index in [1.54, 1.807) is 24.3 Å². The number of esters is 1. The molecule has 1 unspecified atom stereocenters. The fourth-order valence-electron chi connectivity index (χ4n) is 2.68. The first-order chi connectivity index (χ1) is 13.0. The third-order valence-corrected chi connectivity index (χ3v) is 4.74. The minimum absolute atomic E-state index is 0.249. The van der Waals surface area contributed by atoms with E-state index in [1.165, 1.54) is 13.2 Å². The van der Waals surface area contributed by atoms with Crippen LogP contribution in [0.5, 0.6) is 5.75 Å². The highest BCUT2D eigenvalue weighted by molar-refractivity contribution is 6.42. The van der Waals surface area contributed by atoms with Crippen molar-refractivity contribution in [2.45, 2.75) is 6.10 Å². The molecule has 2 N–H and O–H groups in total. The summed E-state index contributed by atoms with van der Waals surface area (Å²) in [5, 5.41) is 0.874. The zero-order chi connectivity index (χ0) is 19.4. The van der Waals surface area contributed by atoms with Crippen molar-refractivity contribution in [1.82, 2.24) is 0 Å². The maximum atomic E-state index is 12.1. The Hall–Kier alpha value is -2.69. The Bertz CT molecular complexity index is 961. The van der Waals surface area contributed by atoms with Crippen molar-refractivity contribution in [3.05, 3.63) is 93.5 Å². The van der Waals surface area contributed by atoms with E-state index in [-0.39, 0.29) is 5.56 Å². The summed E-state index contributed by atoms with van der Waals surface area (Å²) in [6, 6.07) is 19.7. The van der Waals surface area contributed by atoms with Crippen molar-refractivity contribution >= 4 is 34.9 Å². The van der Waals surface area contributed by atoms with Crippen LogP contribution in [-0.4, -0.2) is 13.1 Å². The molecule has 138 valence electrons. The van der Waals surface area contributed by atoms with Gasteiger partial charge in [-0.2, -0.15) is 0 Å². The van der Waals surface area contributed by atoms with Crippen LogP contribution >= 0.6 is 23.2 Å². The summed E-state index contributed by atoms with van der Waals surface area (Å²) in [6.07, 6.45) is -0.506. The minimum Gasteiger partial charge on any atom is -0.480 e. The highest BCUT2D eigenvalue weighted by Crippen LogP contribution is 2.34. The summed E-state index contributed by atoms with van der Waals surface area (Å²) in [5.74, 6) is -0.172. The Morgan fingerprint density at radius 1 is 0.926 bits per heavy atom. The van der Waals surface area contributed by atoms with Crippen molar-refractivity contribution in [3.63, 3.8) is 0 Å². The Morgan fingerprint density at radius 3 is 2.33 bits per heavy atom. The molecule has 0 aromatic heterocycles. The van der Waals surface area contributed by atoms with E-state index >= 15 is 0 Å². The van der Waals surface area contributed by atoms with Crippen molar-refractivity contribution in [1.29, 1.82) is 0 Å². The summed E-state index contributed by atoms with van der Waals surface area (Å²) >= 11 is 12.2. The summed E-state index contributed by atoms with van der Waals surface area (Å²) in [4.78, 5) is 12.1. The summed E-state index contributed by atoms with van der Waals surface area (Å²) in [7, 11) is 1.31. The number of nitrogens with two attached hydrogens (primary N) is 1. The second-order valence-corrected chi connectivity index (χ2v) is 6.64. The molecule has 0 fully saturated rings. The third kappa shape index (κ3) is 4.35. The Morgan fingerprint density at radius 2 is 1.67 bits per heavy atom. The molecular formula is C21H17Cl2NO3. The van der Waals surface area contributed by atoms with E-state index in [1.807, 2.05) is 36.4 Å². The van der Waals surface area contributed by atoms with Gasteiger partial charge in [0, 0.05) is 5.69 Å². The fraction of sp³-hybridized carbons (Fsp3) is 0.0952. The molecule has 0 heterocycles. The number of hydrogen-bond acceptors (Lipinski definition) is 4. The number of nitrogen functional groups attached to an aromatic ring is 1. The van der Waals surface area contributed by atoms with Gasteiger partial charge in [0.25, 0.3) is 0 Å². The molecule has 1 atom stereocenters. The molecule has 3 aromatic rings. The zero-order valence-corrected chi connectivity index (χ0v) is 16.0.